The highest BCUT2D eigenvalue weighted by Crippen LogP contribution is 2.36. The van der Waals surface area contributed by atoms with Gasteiger partial charge in [0.15, 0.2) is 0 Å². The zero-order valence-corrected chi connectivity index (χ0v) is 13.1. The average molecular weight is 273 g/mol. The van der Waals surface area contributed by atoms with Gasteiger partial charge < -0.3 is 14.6 Å². The van der Waals surface area contributed by atoms with Crippen molar-refractivity contribution in [3.63, 3.8) is 0 Å². The Bertz CT molecular complexity index is 511. The van der Waals surface area contributed by atoms with Crippen molar-refractivity contribution in [1.29, 1.82) is 0 Å². The molecule has 2 heterocycles. The van der Waals surface area contributed by atoms with Gasteiger partial charge in [-0.25, -0.2) is 0 Å². The monoisotopic (exact) mass is 273 g/mol. The average Bonchev–Trinajstić information content (AvgIpc) is 2.59. The summed E-state index contributed by atoms with van der Waals surface area (Å²) in [4.78, 5) is 0. The van der Waals surface area contributed by atoms with Crippen LogP contribution in [0.5, 0.6) is 0 Å². The van der Waals surface area contributed by atoms with E-state index in [-0.39, 0.29) is 18.3 Å². The van der Waals surface area contributed by atoms with Crippen LogP contribution in [0.2, 0.25) is 0 Å². The van der Waals surface area contributed by atoms with E-state index >= 15 is 0 Å². The fourth-order valence-electron chi connectivity index (χ4n) is 2.90. The molecule has 0 spiro atoms. The summed E-state index contributed by atoms with van der Waals surface area (Å²) in [5, 5.41) is 3.51. The first-order valence-corrected chi connectivity index (χ1v) is 7.52. The van der Waals surface area contributed by atoms with Crippen molar-refractivity contribution in [2.24, 2.45) is 0 Å². The second-order valence-electron chi connectivity index (χ2n) is 6.97. The Labute approximate surface area is 122 Å². The van der Waals surface area contributed by atoms with Crippen molar-refractivity contribution < 1.29 is 9.31 Å². The molecular weight excluding hydrogens is 249 g/mol. The summed E-state index contributed by atoms with van der Waals surface area (Å²) >= 11 is 0. The van der Waals surface area contributed by atoms with Crippen molar-refractivity contribution in [2.75, 3.05) is 6.54 Å². The van der Waals surface area contributed by atoms with Gasteiger partial charge in [-0.15, -0.1) is 0 Å². The normalized spacial score (nSPS) is 27.4. The molecule has 3 rings (SSSR count). The minimum absolute atomic E-state index is 0.264. The molecule has 0 bridgehead atoms. The number of nitrogens with one attached hydrogen (secondary N) is 1. The quantitative estimate of drug-likeness (QED) is 0.796. The predicted molar refractivity (Wildman–Crippen MR) is 82.3 cm³/mol. The third-order valence-electron chi connectivity index (χ3n) is 5.01. The summed E-state index contributed by atoms with van der Waals surface area (Å²) in [6.07, 6.45) is 1.10. The highest BCUT2D eigenvalue weighted by atomic mass is 16.7. The van der Waals surface area contributed by atoms with Gasteiger partial charge in [0, 0.05) is 6.04 Å². The SMILES string of the molecule is CC1NCCc2ccc(B3OC(C)(C)C(C)(C)O3)cc21. The lowest BCUT2D eigenvalue weighted by Crippen LogP contribution is -2.41. The molecule has 3 nitrogen and oxygen atoms in total. The van der Waals surface area contributed by atoms with Crippen LogP contribution in [0.4, 0.5) is 0 Å². The molecule has 1 fully saturated rings. The van der Waals surface area contributed by atoms with E-state index in [1.165, 1.54) is 11.1 Å². The van der Waals surface area contributed by atoms with Crippen LogP contribution in [-0.4, -0.2) is 24.9 Å². The van der Waals surface area contributed by atoms with Gasteiger partial charge in [0.05, 0.1) is 11.2 Å². The third-order valence-corrected chi connectivity index (χ3v) is 5.01. The molecule has 1 unspecified atom stereocenters. The summed E-state index contributed by atoms with van der Waals surface area (Å²) in [5.74, 6) is 0. The van der Waals surface area contributed by atoms with Crippen molar-refractivity contribution in [3.8, 4) is 0 Å². The fourth-order valence-corrected chi connectivity index (χ4v) is 2.90. The molecule has 20 heavy (non-hydrogen) atoms. The van der Waals surface area contributed by atoms with E-state index < -0.39 is 0 Å². The largest absolute Gasteiger partial charge is 0.494 e. The number of fused-ring (bicyclic) bond motifs is 1. The molecule has 108 valence electrons. The lowest BCUT2D eigenvalue weighted by Gasteiger charge is -2.32. The van der Waals surface area contributed by atoms with Crippen LogP contribution in [0.25, 0.3) is 0 Å². The highest BCUT2D eigenvalue weighted by Gasteiger charge is 2.51. The van der Waals surface area contributed by atoms with Crippen LogP contribution in [0.3, 0.4) is 0 Å². The predicted octanol–water partition coefficient (Wildman–Crippen LogP) is 2.19. The zero-order chi connectivity index (χ0) is 14.5. The Hall–Kier alpha value is -0.835. The Morgan fingerprint density at radius 1 is 1.15 bits per heavy atom. The summed E-state index contributed by atoms with van der Waals surface area (Å²) in [5.41, 5.74) is 3.38. The molecule has 1 saturated heterocycles. The molecular formula is C16H24BNO2. The zero-order valence-electron chi connectivity index (χ0n) is 13.1. The maximum absolute atomic E-state index is 6.13. The van der Waals surface area contributed by atoms with Gasteiger partial charge in [-0.3, -0.25) is 0 Å². The van der Waals surface area contributed by atoms with Gasteiger partial charge in [0.1, 0.15) is 0 Å². The molecule has 1 N–H and O–H groups in total. The van der Waals surface area contributed by atoms with E-state index in [2.05, 4.69) is 58.1 Å². The molecule has 2 aliphatic heterocycles. The van der Waals surface area contributed by atoms with Crippen LogP contribution in [0, 0.1) is 0 Å². The van der Waals surface area contributed by atoms with Crippen LogP contribution >= 0.6 is 0 Å². The highest BCUT2D eigenvalue weighted by molar-refractivity contribution is 6.62. The van der Waals surface area contributed by atoms with Crippen LogP contribution in [0.1, 0.15) is 51.8 Å². The minimum Gasteiger partial charge on any atom is -0.399 e. The Balaban J connectivity index is 1.91. The molecule has 0 amide bonds. The smallest absolute Gasteiger partial charge is 0.399 e. The van der Waals surface area contributed by atoms with E-state index in [1.54, 1.807) is 0 Å². The molecule has 0 radical (unpaired) electrons. The van der Waals surface area contributed by atoms with Crippen molar-refractivity contribution in [1.82, 2.24) is 5.32 Å². The first-order chi connectivity index (χ1) is 9.30. The first kappa shape index (κ1) is 14.1. The number of rotatable bonds is 1. The maximum atomic E-state index is 6.13. The van der Waals surface area contributed by atoms with E-state index in [0.717, 1.165) is 18.4 Å². The lowest BCUT2D eigenvalue weighted by atomic mass is 9.76. The van der Waals surface area contributed by atoms with Crippen LogP contribution < -0.4 is 10.8 Å². The standard InChI is InChI=1S/C16H24BNO2/c1-11-14-10-13(7-6-12(14)8-9-18-11)17-19-15(2,3)16(4,5)20-17/h6-7,10-11,18H,8-9H2,1-5H3. The summed E-state index contributed by atoms with van der Waals surface area (Å²) < 4.78 is 12.3. The van der Waals surface area contributed by atoms with Gasteiger partial charge >= 0.3 is 7.12 Å². The van der Waals surface area contributed by atoms with Crippen molar-refractivity contribution >= 4 is 12.6 Å². The molecule has 1 aromatic carbocycles. The fraction of sp³-hybridized carbons (Fsp3) is 0.625. The summed E-state index contributed by atoms with van der Waals surface area (Å²) in [6.45, 7) is 11.6. The Morgan fingerprint density at radius 3 is 2.45 bits per heavy atom. The van der Waals surface area contributed by atoms with Gasteiger partial charge in [-0.1, -0.05) is 18.2 Å². The van der Waals surface area contributed by atoms with Crippen molar-refractivity contribution in [3.05, 3.63) is 29.3 Å². The molecule has 1 aromatic rings. The third kappa shape index (κ3) is 2.20. The second kappa shape index (κ2) is 4.59. The van der Waals surface area contributed by atoms with E-state index in [9.17, 15) is 0 Å². The van der Waals surface area contributed by atoms with Crippen LogP contribution in [-0.2, 0) is 15.7 Å². The molecule has 0 saturated carbocycles. The van der Waals surface area contributed by atoms with Gasteiger partial charge in [0.2, 0.25) is 0 Å². The molecule has 2 aliphatic rings. The van der Waals surface area contributed by atoms with E-state index in [4.69, 9.17) is 9.31 Å². The first-order valence-electron chi connectivity index (χ1n) is 7.52. The Kier molecular flexibility index (Phi) is 3.24. The summed E-state index contributed by atoms with van der Waals surface area (Å²) in [6, 6.07) is 7.03. The van der Waals surface area contributed by atoms with Gasteiger partial charge in [-0.2, -0.15) is 0 Å². The van der Waals surface area contributed by atoms with Crippen LogP contribution in [0.15, 0.2) is 18.2 Å². The molecule has 4 heteroatoms. The minimum atomic E-state index is -0.280. The van der Waals surface area contributed by atoms with Crippen molar-refractivity contribution in [2.45, 2.75) is 58.3 Å². The maximum Gasteiger partial charge on any atom is 0.494 e. The lowest BCUT2D eigenvalue weighted by molar-refractivity contribution is 0.00578. The molecule has 1 atom stereocenters. The number of benzene rings is 1. The number of hydrogen-bond acceptors (Lipinski definition) is 3. The van der Waals surface area contributed by atoms with Gasteiger partial charge in [-0.05, 0) is 64.2 Å². The topological polar surface area (TPSA) is 30.5 Å². The second-order valence-corrected chi connectivity index (χ2v) is 6.97. The number of hydrogen-bond donors (Lipinski definition) is 1. The molecule has 0 aromatic heterocycles. The van der Waals surface area contributed by atoms with E-state index in [0.29, 0.717) is 6.04 Å². The summed E-state index contributed by atoms with van der Waals surface area (Å²) in [7, 11) is -0.264. The van der Waals surface area contributed by atoms with E-state index in [1.807, 2.05) is 0 Å². The Morgan fingerprint density at radius 2 is 1.80 bits per heavy atom. The van der Waals surface area contributed by atoms with Gasteiger partial charge in [0.25, 0.3) is 0 Å². The molecule has 0 aliphatic carbocycles.